The lowest BCUT2D eigenvalue weighted by molar-refractivity contribution is 0.0705. The molecule has 1 aromatic carbocycles. The number of benzene rings is 1. The van der Waals surface area contributed by atoms with Crippen molar-refractivity contribution < 1.29 is 14.3 Å². The molecule has 33 heavy (non-hydrogen) atoms. The number of nitrogens with one attached hydrogen (secondary N) is 1. The van der Waals surface area contributed by atoms with E-state index < -0.39 is 0 Å². The monoisotopic (exact) mass is 448 g/mol. The van der Waals surface area contributed by atoms with Crippen LogP contribution in [0.2, 0.25) is 0 Å². The molecule has 3 heterocycles. The summed E-state index contributed by atoms with van der Waals surface area (Å²) in [6.07, 6.45) is 3.37. The first-order chi connectivity index (χ1) is 16.0. The van der Waals surface area contributed by atoms with Gasteiger partial charge in [-0.2, -0.15) is 5.10 Å². The predicted molar refractivity (Wildman–Crippen MR) is 125 cm³/mol. The second kappa shape index (κ2) is 9.72. The van der Waals surface area contributed by atoms with Gasteiger partial charge in [0.1, 0.15) is 17.3 Å². The number of hydrogen-bond acceptors (Lipinski definition) is 6. The number of aryl methyl sites for hydroxylation is 1. The molecule has 4 rings (SSSR count). The number of nitrogen functional groups attached to an aromatic ring is 1. The van der Waals surface area contributed by atoms with Crippen LogP contribution in [0, 0.1) is 0 Å². The number of carbonyl (C=O) groups is 2. The molecule has 3 N–H and O–H groups in total. The summed E-state index contributed by atoms with van der Waals surface area (Å²) in [6.45, 7) is 3.97. The highest BCUT2D eigenvalue weighted by molar-refractivity contribution is 6.07. The Morgan fingerprint density at radius 2 is 1.91 bits per heavy atom. The summed E-state index contributed by atoms with van der Waals surface area (Å²) in [5.41, 5.74) is 8.33. The van der Waals surface area contributed by atoms with Gasteiger partial charge in [0.15, 0.2) is 0 Å². The van der Waals surface area contributed by atoms with E-state index in [1.54, 1.807) is 36.1 Å². The minimum absolute atomic E-state index is 0.0449. The number of rotatable bonds is 6. The Labute approximate surface area is 192 Å². The number of carbonyl (C=O) groups excluding carboxylic acids is 2. The van der Waals surface area contributed by atoms with E-state index in [-0.39, 0.29) is 23.6 Å². The first-order valence-electron chi connectivity index (χ1n) is 11.0. The number of aromatic nitrogens is 3. The van der Waals surface area contributed by atoms with Crippen LogP contribution in [-0.4, -0.2) is 51.7 Å². The van der Waals surface area contributed by atoms with Crippen molar-refractivity contribution in [3.8, 4) is 5.75 Å². The maximum atomic E-state index is 12.7. The zero-order chi connectivity index (χ0) is 23.4. The number of likely N-dealkylation sites (tertiary alicyclic amines) is 1. The number of hydrogen-bond donors (Lipinski definition) is 2. The third kappa shape index (κ3) is 4.82. The molecule has 0 saturated carbocycles. The van der Waals surface area contributed by atoms with Crippen molar-refractivity contribution in [2.75, 3.05) is 31.2 Å². The van der Waals surface area contributed by atoms with Crippen molar-refractivity contribution in [1.82, 2.24) is 19.7 Å². The van der Waals surface area contributed by atoms with Crippen LogP contribution in [0.3, 0.4) is 0 Å². The lowest BCUT2D eigenvalue weighted by Gasteiger charge is -2.31. The van der Waals surface area contributed by atoms with Gasteiger partial charge in [-0.15, -0.1) is 0 Å². The largest absolute Gasteiger partial charge is 0.495 e. The van der Waals surface area contributed by atoms with E-state index in [4.69, 9.17) is 10.5 Å². The first-order valence-corrected chi connectivity index (χ1v) is 11.0. The molecule has 0 unspecified atom stereocenters. The van der Waals surface area contributed by atoms with Gasteiger partial charge in [0.2, 0.25) is 0 Å². The minimum Gasteiger partial charge on any atom is -0.495 e. The highest BCUT2D eigenvalue weighted by atomic mass is 16.5. The van der Waals surface area contributed by atoms with Gasteiger partial charge in [-0.3, -0.25) is 14.3 Å². The summed E-state index contributed by atoms with van der Waals surface area (Å²) in [4.78, 5) is 31.8. The molecule has 0 aliphatic carbocycles. The van der Waals surface area contributed by atoms with Gasteiger partial charge in [-0.05, 0) is 50.1 Å². The van der Waals surface area contributed by atoms with Crippen LogP contribution in [-0.2, 0) is 6.54 Å². The molecule has 0 bridgehead atoms. The lowest BCUT2D eigenvalue weighted by Crippen LogP contribution is -2.38. The smallest absolute Gasteiger partial charge is 0.274 e. The van der Waals surface area contributed by atoms with Crippen LogP contribution >= 0.6 is 0 Å². The fourth-order valence-corrected chi connectivity index (χ4v) is 4.04. The van der Waals surface area contributed by atoms with Gasteiger partial charge >= 0.3 is 0 Å². The van der Waals surface area contributed by atoms with Crippen LogP contribution < -0.4 is 15.8 Å². The Bertz CT molecular complexity index is 1150. The zero-order valence-corrected chi connectivity index (χ0v) is 18.8. The second-order valence-electron chi connectivity index (χ2n) is 7.95. The zero-order valence-electron chi connectivity index (χ0n) is 18.8. The average molecular weight is 449 g/mol. The van der Waals surface area contributed by atoms with Crippen molar-refractivity contribution in [2.45, 2.75) is 32.2 Å². The number of piperidine rings is 1. The molecule has 2 aromatic heterocycles. The van der Waals surface area contributed by atoms with Crippen molar-refractivity contribution >= 4 is 23.3 Å². The van der Waals surface area contributed by atoms with E-state index in [9.17, 15) is 9.59 Å². The summed E-state index contributed by atoms with van der Waals surface area (Å²) in [5, 5.41) is 7.13. The van der Waals surface area contributed by atoms with Crippen molar-refractivity contribution in [1.29, 1.82) is 0 Å². The van der Waals surface area contributed by atoms with Gasteiger partial charge < -0.3 is 20.7 Å². The molecule has 1 aliphatic rings. The molecule has 0 atom stereocenters. The summed E-state index contributed by atoms with van der Waals surface area (Å²) in [6, 6.07) is 12.5. The quantitative estimate of drug-likeness (QED) is 0.599. The number of anilines is 2. The third-order valence-electron chi connectivity index (χ3n) is 5.93. The Hall–Kier alpha value is -3.88. The van der Waals surface area contributed by atoms with Crippen LogP contribution in [0.4, 0.5) is 11.5 Å². The molecule has 1 saturated heterocycles. The number of methoxy groups -OCH3 is 1. The molecule has 2 amide bonds. The van der Waals surface area contributed by atoms with Crippen LogP contribution in [0.5, 0.6) is 5.75 Å². The number of ether oxygens (including phenoxy) is 1. The van der Waals surface area contributed by atoms with Gasteiger partial charge in [0, 0.05) is 37.4 Å². The van der Waals surface area contributed by atoms with Crippen molar-refractivity contribution in [3.05, 3.63) is 65.6 Å². The standard InChI is InChI=1S/C24H28N6O3/c1-3-30-15-12-20(28-30)24(32)29-13-10-16(11-14-29)18-9-8-17(22(25)26-18)23(31)27-19-6-4-5-7-21(19)33-2/h4-9,12,15-16H,3,10-11,13-14H2,1-2H3,(H2,25,26)(H,27,31). The van der Waals surface area contributed by atoms with Gasteiger partial charge in [-0.25, -0.2) is 4.98 Å². The molecule has 0 spiro atoms. The minimum atomic E-state index is -0.344. The Balaban J connectivity index is 1.39. The molecule has 1 aliphatic heterocycles. The van der Waals surface area contributed by atoms with Crippen molar-refractivity contribution in [2.24, 2.45) is 0 Å². The van der Waals surface area contributed by atoms with Crippen LogP contribution in [0.1, 0.15) is 52.2 Å². The lowest BCUT2D eigenvalue weighted by atomic mass is 9.92. The Morgan fingerprint density at radius 1 is 1.15 bits per heavy atom. The van der Waals surface area contributed by atoms with E-state index in [1.165, 1.54) is 0 Å². The molecule has 0 radical (unpaired) electrons. The molecule has 172 valence electrons. The highest BCUT2D eigenvalue weighted by Gasteiger charge is 2.27. The molecule has 3 aromatic rings. The predicted octanol–water partition coefficient (Wildman–Crippen LogP) is 3.16. The average Bonchev–Trinajstić information content (AvgIpc) is 3.33. The second-order valence-corrected chi connectivity index (χ2v) is 7.95. The molecule has 9 nitrogen and oxygen atoms in total. The fourth-order valence-electron chi connectivity index (χ4n) is 4.04. The Morgan fingerprint density at radius 3 is 2.58 bits per heavy atom. The maximum Gasteiger partial charge on any atom is 0.274 e. The summed E-state index contributed by atoms with van der Waals surface area (Å²) in [5.74, 6) is 0.538. The molecule has 1 fully saturated rings. The van der Waals surface area contributed by atoms with Crippen LogP contribution in [0.15, 0.2) is 48.7 Å². The van der Waals surface area contributed by atoms with Gasteiger partial charge in [-0.1, -0.05) is 12.1 Å². The topological polar surface area (TPSA) is 115 Å². The van der Waals surface area contributed by atoms with E-state index in [0.717, 1.165) is 25.1 Å². The van der Waals surface area contributed by atoms with E-state index in [1.807, 2.05) is 36.2 Å². The van der Waals surface area contributed by atoms with Crippen LogP contribution in [0.25, 0.3) is 0 Å². The first kappa shape index (κ1) is 22.3. The highest BCUT2D eigenvalue weighted by Crippen LogP contribution is 2.29. The fraction of sp³-hybridized carbons (Fsp3) is 0.333. The van der Waals surface area contributed by atoms with Gasteiger partial charge in [0.25, 0.3) is 11.8 Å². The summed E-state index contributed by atoms with van der Waals surface area (Å²) < 4.78 is 7.02. The van der Waals surface area contributed by atoms with E-state index in [0.29, 0.717) is 35.8 Å². The summed E-state index contributed by atoms with van der Waals surface area (Å²) in [7, 11) is 1.55. The Kier molecular flexibility index (Phi) is 6.58. The molecular weight excluding hydrogens is 420 g/mol. The number of nitrogens with two attached hydrogens (primary N) is 1. The number of amides is 2. The SMILES string of the molecule is CCn1ccc(C(=O)N2CCC(c3ccc(C(=O)Nc4ccccc4OC)c(N)n3)CC2)n1. The molecular formula is C24H28N6O3. The van der Waals surface area contributed by atoms with E-state index >= 15 is 0 Å². The van der Waals surface area contributed by atoms with E-state index in [2.05, 4.69) is 15.4 Å². The molecule has 9 heteroatoms. The number of pyridine rings is 1. The maximum absolute atomic E-state index is 12.7. The number of nitrogens with zero attached hydrogens (tertiary/aromatic N) is 4. The van der Waals surface area contributed by atoms with Gasteiger partial charge in [0.05, 0.1) is 18.4 Å². The summed E-state index contributed by atoms with van der Waals surface area (Å²) >= 11 is 0. The number of para-hydroxylation sites is 2. The third-order valence-corrected chi connectivity index (χ3v) is 5.93. The van der Waals surface area contributed by atoms with Crippen molar-refractivity contribution in [3.63, 3.8) is 0 Å². The normalized spacial score (nSPS) is 14.2.